The number of carbonyl (C=O) groups excluding carboxylic acids is 1. The summed E-state index contributed by atoms with van der Waals surface area (Å²) >= 11 is 0.813. The van der Waals surface area contributed by atoms with Crippen LogP contribution in [0.2, 0.25) is 0 Å². The summed E-state index contributed by atoms with van der Waals surface area (Å²) in [6.07, 6.45) is -5.50. The number of aryl methyl sites for hydroxylation is 2. The first-order chi connectivity index (χ1) is 9.29. The maximum atomic E-state index is 13.0. The smallest absolute Gasteiger partial charge is 0.432 e. The third-order valence-corrected chi connectivity index (χ3v) is 3.54. The number of hydrogen-bond acceptors (Lipinski definition) is 4. The van der Waals surface area contributed by atoms with E-state index < -0.39 is 18.2 Å². The molecule has 2 heterocycles. The molecule has 0 spiro atoms. The summed E-state index contributed by atoms with van der Waals surface area (Å²) in [5.41, 5.74) is 0.502. The molecule has 20 heavy (non-hydrogen) atoms. The lowest BCUT2D eigenvalue weighted by Crippen LogP contribution is -2.27. The van der Waals surface area contributed by atoms with Crippen LogP contribution in [-0.2, 0) is 11.8 Å². The molecule has 0 aliphatic rings. The molecule has 2 aromatic heterocycles. The molecular formula is C12H11F3N2O2S. The summed E-state index contributed by atoms with van der Waals surface area (Å²) in [6.45, 7) is 1.58. The van der Waals surface area contributed by atoms with E-state index in [0.717, 1.165) is 11.3 Å². The van der Waals surface area contributed by atoms with E-state index in [0.29, 0.717) is 5.69 Å². The first-order valence-electron chi connectivity index (χ1n) is 5.60. The Morgan fingerprint density at radius 1 is 1.50 bits per heavy atom. The first kappa shape index (κ1) is 14.6. The van der Waals surface area contributed by atoms with Gasteiger partial charge in [-0.05, 0) is 19.1 Å². The zero-order valence-corrected chi connectivity index (χ0v) is 11.5. The predicted octanol–water partition coefficient (Wildman–Crippen LogP) is 3.25. The van der Waals surface area contributed by atoms with Crippen molar-refractivity contribution in [2.45, 2.75) is 19.2 Å². The fourth-order valence-electron chi connectivity index (χ4n) is 1.59. The van der Waals surface area contributed by atoms with Crippen LogP contribution in [0.1, 0.15) is 27.3 Å². The predicted molar refractivity (Wildman–Crippen MR) is 66.5 cm³/mol. The Hall–Kier alpha value is -1.83. The van der Waals surface area contributed by atoms with Crippen molar-refractivity contribution in [3.8, 4) is 0 Å². The van der Waals surface area contributed by atoms with E-state index in [1.54, 1.807) is 26.2 Å². The maximum Gasteiger partial charge on any atom is 0.432 e. The molecule has 0 saturated heterocycles. The van der Waals surface area contributed by atoms with Crippen LogP contribution < -0.4 is 0 Å². The van der Waals surface area contributed by atoms with Crippen LogP contribution in [0.3, 0.4) is 0 Å². The van der Waals surface area contributed by atoms with E-state index >= 15 is 0 Å². The standard InChI is InChI=1S/C12H11F3N2O2S/c1-7-6-20-10(16-7)9(12(13,14)15)19-11(18)8-4-3-5-17(8)2/h3-6,9H,1-2H3. The number of aromatic nitrogens is 2. The van der Waals surface area contributed by atoms with E-state index in [2.05, 4.69) is 9.72 Å². The summed E-state index contributed by atoms with van der Waals surface area (Å²) in [6, 6.07) is 2.94. The lowest BCUT2D eigenvalue weighted by molar-refractivity contribution is -0.207. The van der Waals surface area contributed by atoms with Gasteiger partial charge >= 0.3 is 12.1 Å². The van der Waals surface area contributed by atoms with Gasteiger partial charge in [-0.3, -0.25) is 0 Å². The van der Waals surface area contributed by atoms with Gasteiger partial charge in [0.25, 0.3) is 0 Å². The second kappa shape index (κ2) is 5.28. The Morgan fingerprint density at radius 2 is 2.20 bits per heavy atom. The normalized spacial score (nSPS) is 13.2. The summed E-state index contributed by atoms with van der Waals surface area (Å²) in [5, 5.41) is 1.20. The minimum Gasteiger partial charge on any atom is -0.440 e. The lowest BCUT2D eigenvalue weighted by Gasteiger charge is -2.18. The van der Waals surface area contributed by atoms with Gasteiger partial charge in [-0.15, -0.1) is 11.3 Å². The molecule has 1 unspecified atom stereocenters. The highest BCUT2D eigenvalue weighted by Gasteiger charge is 2.46. The van der Waals surface area contributed by atoms with Gasteiger partial charge in [0.05, 0.1) is 0 Å². The largest absolute Gasteiger partial charge is 0.440 e. The van der Waals surface area contributed by atoms with Gasteiger partial charge in [-0.25, -0.2) is 9.78 Å². The number of nitrogens with zero attached hydrogens (tertiary/aromatic N) is 2. The number of halogens is 3. The topological polar surface area (TPSA) is 44.1 Å². The number of rotatable bonds is 3. The Morgan fingerprint density at radius 3 is 2.65 bits per heavy atom. The van der Waals surface area contributed by atoms with E-state index in [9.17, 15) is 18.0 Å². The number of ether oxygens (including phenoxy) is 1. The summed E-state index contributed by atoms with van der Waals surface area (Å²) in [7, 11) is 1.55. The zero-order chi connectivity index (χ0) is 14.9. The average molecular weight is 304 g/mol. The number of carbonyl (C=O) groups is 1. The SMILES string of the molecule is Cc1csc(C(OC(=O)c2cccn2C)C(F)(F)F)n1. The Labute approximate surface area is 116 Å². The molecule has 0 aliphatic heterocycles. The molecule has 0 fully saturated rings. The summed E-state index contributed by atoms with van der Waals surface area (Å²) in [5.74, 6) is -1.03. The van der Waals surface area contributed by atoms with E-state index in [-0.39, 0.29) is 10.7 Å². The first-order valence-corrected chi connectivity index (χ1v) is 6.48. The molecule has 2 aromatic rings. The van der Waals surface area contributed by atoms with E-state index in [1.807, 2.05) is 0 Å². The minimum absolute atomic E-state index is 0.0486. The highest BCUT2D eigenvalue weighted by molar-refractivity contribution is 7.09. The fourth-order valence-corrected chi connectivity index (χ4v) is 2.44. The van der Waals surface area contributed by atoms with Crippen molar-refractivity contribution in [1.29, 1.82) is 0 Å². The summed E-state index contributed by atoms with van der Waals surface area (Å²) in [4.78, 5) is 15.5. The molecule has 0 amide bonds. The van der Waals surface area contributed by atoms with Crippen LogP contribution in [0.15, 0.2) is 23.7 Å². The van der Waals surface area contributed by atoms with Crippen molar-refractivity contribution in [3.05, 3.63) is 40.1 Å². The monoisotopic (exact) mass is 304 g/mol. The van der Waals surface area contributed by atoms with Crippen molar-refractivity contribution >= 4 is 17.3 Å². The van der Waals surface area contributed by atoms with Crippen LogP contribution in [0.25, 0.3) is 0 Å². The van der Waals surface area contributed by atoms with Gasteiger partial charge in [0, 0.05) is 24.3 Å². The van der Waals surface area contributed by atoms with Crippen LogP contribution in [-0.4, -0.2) is 21.7 Å². The molecule has 108 valence electrons. The van der Waals surface area contributed by atoms with Crippen molar-refractivity contribution < 1.29 is 22.7 Å². The molecule has 0 saturated carbocycles. The zero-order valence-electron chi connectivity index (χ0n) is 10.6. The second-order valence-corrected chi connectivity index (χ2v) is 5.05. The Kier molecular flexibility index (Phi) is 3.85. The molecule has 0 aromatic carbocycles. The molecule has 1 atom stereocenters. The van der Waals surface area contributed by atoms with Crippen LogP contribution in [0, 0.1) is 6.92 Å². The van der Waals surface area contributed by atoms with Crippen molar-refractivity contribution in [3.63, 3.8) is 0 Å². The molecule has 8 heteroatoms. The number of esters is 1. The minimum atomic E-state index is -4.70. The van der Waals surface area contributed by atoms with Crippen LogP contribution >= 0.6 is 11.3 Å². The third-order valence-electron chi connectivity index (χ3n) is 2.54. The lowest BCUT2D eigenvalue weighted by atomic mass is 10.3. The van der Waals surface area contributed by atoms with Crippen molar-refractivity contribution in [2.24, 2.45) is 7.05 Å². The maximum absolute atomic E-state index is 13.0. The van der Waals surface area contributed by atoms with Gasteiger partial charge in [-0.1, -0.05) is 0 Å². The van der Waals surface area contributed by atoms with Crippen LogP contribution in [0.4, 0.5) is 13.2 Å². The highest BCUT2D eigenvalue weighted by atomic mass is 32.1. The van der Waals surface area contributed by atoms with Gasteiger partial charge in [0.15, 0.2) is 0 Å². The molecule has 4 nitrogen and oxygen atoms in total. The quantitative estimate of drug-likeness (QED) is 0.818. The van der Waals surface area contributed by atoms with Gasteiger partial charge < -0.3 is 9.30 Å². The molecule has 0 bridgehead atoms. The Bertz CT molecular complexity index is 618. The van der Waals surface area contributed by atoms with Gasteiger partial charge in [-0.2, -0.15) is 13.2 Å². The van der Waals surface area contributed by atoms with E-state index in [4.69, 9.17) is 0 Å². The summed E-state index contributed by atoms with van der Waals surface area (Å²) < 4.78 is 45.0. The molecular weight excluding hydrogens is 293 g/mol. The van der Waals surface area contributed by atoms with Crippen molar-refractivity contribution in [2.75, 3.05) is 0 Å². The number of alkyl halides is 3. The average Bonchev–Trinajstić information content (AvgIpc) is 2.93. The van der Waals surface area contributed by atoms with Crippen LogP contribution in [0.5, 0.6) is 0 Å². The third kappa shape index (κ3) is 3.01. The molecule has 2 rings (SSSR count). The number of hydrogen-bond donors (Lipinski definition) is 0. The number of thiazole rings is 1. The Balaban J connectivity index is 2.26. The van der Waals surface area contributed by atoms with Gasteiger partial charge in [0.2, 0.25) is 6.10 Å². The molecule has 0 aliphatic carbocycles. The van der Waals surface area contributed by atoms with Gasteiger partial charge in [0.1, 0.15) is 10.7 Å². The highest BCUT2D eigenvalue weighted by Crippen LogP contribution is 2.37. The second-order valence-electron chi connectivity index (χ2n) is 4.16. The van der Waals surface area contributed by atoms with Crippen molar-refractivity contribution in [1.82, 2.24) is 9.55 Å². The van der Waals surface area contributed by atoms with E-state index in [1.165, 1.54) is 16.0 Å². The molecule has 0 N–H and O–H groups in total. The molecule has 0 radical (unpaired) electrons. The fraction of sp³-hybridized carbons (Fsp3) is 0.333.